The minimum Gasteiger partial charge on any atom is -0.478 e. The zero-order chi connectivity index (χ0) is 13.9. The lowest BCUT2D eigenvalue weighted by Crippen LogP contribution is -2.37. The SMILES string of the molecule is CCN(CC(N)=O)S(=O)(=O)c1cc(C(=O)O)cs1. The number of likely N-dealkylation sites (N-methyl/N-ethyl adjacent to an activating group) is 1. The molecule has 0 atom stereocenters. The molecular weight excluding hydrogens is 280 g/mol. The van der Waals surface area contributed by atoms with Crippen LogP contribution in [0.4, 0.5) is 0 Å². The molecule has 7 nitrogen and oxygen atoms in total. The van der Waals surface area contributed by atoms with E-state index in [9.17, 15) is 18.0 Å². The maximum Gasteiger partial charge on any atom is 0.336 e. The number of carboxylic acids is 1. The molecule has 1 aromatic rings. The van der Waals surface area contributed by atoms with Gasteiger partial charge in [-0.2, -0.15) is 4.31 Å². The van der Waals surface area contributed by atoms with Crippen LogP contribution in [-0.4, -0.2) is 42.8 Å². The first kappa shape index (κ1) is 14.6. The van der Waals surface area contributed by atoms with E-state index in [-0.39, 0.29) is 16.3 Å². The third-order valence-corrected chi connectivity index (χ3v) is 5.44. The van der Waals surface area contributed by atoms with Crippen molar-refractivity contribution in [3.63, 3.8) is 0 Å². The van der Waals surface area contributed by atoms with Crippen LogP contribution >= 0.6 is 11.3 Å². The highest BCUT2D eigenvalue weighted by atomic mass is 32.2. The Balaban J connectivity index is 3.10. The summed E-state index contributed by atoms with van der Waals surface area (Å²) in [5, 5.41) is 9.96. The number of nitrogens with zero attached hydrogens (tertiary/aromatic N) is 1. The van der Waals surface area contributed by atoms with Crippen LogP contribution in [0.1, 0.15) is 17.3 Å². The summed E-state index contributed by atoms with van der Waals surface area (Å²) in [5.74, 6) is -1.97. The van der Waals surface area contributed by atoms with Crippen molar-refractivity contribution in [2.75, 3.05) is 13.1 Å². The molecule has 1 amide bonds. The van der Waals surface area contributed by atoms with E-state index >= 15 is 0 Å². The van der Waals surface area contributed by atoms with Crippen LogP contribution in [-0.2, 0) is 14.8 Å². The lowest BCUT2D eigenvalue weighted by atomic mass is 10.4. The monoisotopic (exact) mass is 292 g/mol. The number of rotatable bonds is 6. The van der Waals surface area contributed by atoms with Crippen molar-refractivity contribution in [1.82, 2.24) is 4.31 Å². The first-order valence-corrected chi connectivity index (χ1v) is 7.21. The van der Waals surface area contributed by atoms with Crippen LogP contribution in [0.15, 0.2) is 15.7 Å². The smallest absolute Gasteiger partial charge is 0.336 e. The Kier molecular flexibility index (Phi) is 4.43. The summed E-state index contributed by atoms with van der Waals surface area (Å²) in [4.78, 5) is 21.5. The van der Waals surface area contributed by atoms with Crippen molar-refractivity contribution in [3.05, 3.63) is 17.0 Å². The van der Waals surface area contributed by atoms with Crippen molar-refractivity contribution >= 4 is 33.2 Å². The molecule has 100 valence electrons. The number of hydrogen-bond donors (Lipinski definition) is 2. The van der Waals surface area contributed by atoms with Crippen LogP contribution in [0.25, 0.3) is 0 Å². The molecular formula is C9H12N2O5S2. The van der Waals surface area contributed by atoms with Gasteiger partial charge in [0.2, 0.25) is 5.91 Å². The molecule has 0 saturated carbocycles. The molecule has 0 radical (unpaired) electrons. The van der Waals surface area contributed by atoms with Crippen molar-refractivity contribution in [2.45, 2.75) is 11.1 Å². The third kappa shape index (κ3) is 3.06. The average Bonchev–Trinajstić information content (AvgIpc) is 2.75. The van der Waals surface area contributed by atoms with Crippen molar-refractivity contribution < 1.29 is 23.1 Å². The Labute approximate surface area is 108 Å². The van der Waals surface area contributed by atoms with Crippen molar-refractivity contribution in [1.29, 1.82) is 0 Å². The quantitative estimate of drug-likeness (QED) is 0.761. The minimum absolute atomic E-state index is 0.0750. The third-order valence-electron chi connectivity index (χ3n) is 2.10. The second-order valence-corrected chi connectivity index (χ2v) is 6.43. The molecule has 0 aliphatic carbocycles. The predicted octanol–water partition coefficient (Wildman–Crippen LogP) is -0.0578. The van der Waals surface area contributed by atoms with Gasteiger partial charge in [-0.05, 0) is 6.07 Å². The maximum atomic E-state index is 12.1. The van der Waals surface area contributed by atoms with E-state index in [2.05, 4.69) is 0 Å². The van der Waals surface area contributed by atoms with Crippen LogP contribution in [0.5, 0.6) is 0 Å². The summed E-state index contributed by atoms with van der Waals surface area (Å²) in [7, 11) is -3.87. The fourth-order valence-corrected chi connectivity index (χ4v) is 3.95. The molecule has 0 aliphatic heterocycles. The van der Waals surface area contributed by atoms with Gasteiger partial charge in [0, 0.05) is 11.9 Å². The number of nitrogens with two attached hydrogens (primary N) is 1. The molecule has 1 heterocycles. The lowest BCUT2D eigenvalue weighted by Gasteiger charge is -2.17. The van der Waals surface area contributed by atoms with Crippen LogP contribution < -0.4 is 5.73 Å². The number of carboxylic acid groups (broad SMARTS) is 1. The molecule has 9 heteroatoms. The van der Waals surface area contributed by atoms with Gasteiger partial charge in [-0.1, -0.05) is 6.92 Å². The summed E-state index contributed by atoms with van der Waals surface area (Å²) in [6.45, 7) is 1.21. The summed E-state index contributed by atoms with van der Waals surface area (Å²) < 4.78 is 24.9. The van der Waals surface area contributed by atoms with E-state index in [1.807, 2.05) is 0 Å². The molecule has 0 unspecified atom stereocenters. The van der Waals surface area contributed by atoms with Gasteiger partial charge in [0.05, 0.1) is 12.1 Å². The Bertz CT molecular complexity index is 563. The zero-order valence-corrected chi connectivity index (χ0v) is 11.1. The van der Waals surface area contributed by atoms with E-state index in [4.69, 9.17) is 10.8 Å². The molecule has 0 aliphatic rings. The normalized spacial score (nSPS) is 11.7. The maximum absolute atomic E-state index is 12.1. The standard InChI is InChI=1S/C9H12N2O5S2/c1-2-11(4-7(10)12)18(15,16)8-3-6(5-17-8)9(13)14/h3,5H,2,4H2,1H3,(H2,10,12)(H,13,14). The van der Waals surface area contributed by atoms with Crippen molar-refractivity contribution in [3.8, 4) is 0 Å². The number of amides is 1. The first-order chi connectivity index (χ1) is 8.28. The molecule has 3 N–H and O–H groups in total. The highest BCUT2D eigenvalue weighted by Gasteiger charge is 2.26. The molecule has 0 bridgehead atoms. The van der Waals surface area contributed by atoms with Gasteiger partial charge in [0.15, 0.2) is 0 Å². The second kappa shape index (κ2) is 5.46. The Morgan fingerprint density at radius 1 is 1.50 bits per heavy atom. The van der Waals surface area contributed by atoms with Gasteiger partial charge in [-0.15, -0.1) is 11.3 Å². The number of carbonyl (C=O) groups excluding carboxylic acids is 1. The molecule has 1 rings (SSSR count). The number of sulfonamides is 1. The molecule has 0 aromatic carbocycles. The van der Waals surface area contributed by atoms with E-state index in [0.717, 1.165) is 21.7 Å². The van der Waals surface area contributed by atoms with Crippen LogP contribution in [0.2, 0.25) is 0 Å². The fraction of sp³-hybridized carbons (Fsp3) is 0.333. The summed E-state index contributed by atoms with van der Waals surface area (Å²) in [6.07, 6.45) is 0. The van der Waals surface area contributed by atoms with Gasteiger partial charge < -0.3 is 10.8 Å². The topological polar surface area (TPSA) is 118 Å². The Morgan fingerprint density at radius 2 is 2.11 bits per heavy atom. The first-order valence-electron chi connectivity index (χ1n) is 4.89. The molecule has 0 spiro atoms. The van der Waals surface area contributed by atoms with Crippen molar-refractivity contribution in [2.24, 2.45) is 5.73 Å². The fourth-order valence-electron chi connectivity index (χ4n) is 1.23. The van der Waals surface area contributed by atoms with E-state index in [1.165, 1.54) is 5.38 Å². The van der Waals surface area contributed by atoms with Gasteiger partial charge in [-0.25, -0.2) is 13.2 Å². The average molecular weight is 292 g/mol. The summed E-state index contributed by atoms with van der Waals surface area (Å²) in [6, 6.07) is 1.06. The largest absolute Gasteiger partial charge is 0.478 e. The van der Waals surface area contributed by atoms with Gasteiger partial charge in [-0.3, -0.25) is 4.79 Å². The molecule has 1 aromatic heterocycles. The number of primary amides is 1. The van der Waals surface area contributed by atoms with E-state index < -0.39 is 28.4 Å². The van der Waals surface area contributed by atoms with Gasteiger partial charge >= 0.3 is 5.97 Å². The molecule has 18 heavy (non-hydrogen) atoms. The predicted molar refractivity (Wildman–Crippen MR) is 64.9 cm³/mol. The number of hydrogen-bond acceptors (Lipinski definition) is 5. The minimum atomic E-state index is -3.87. The number of aromatic carboxylic acids is 1. The van der Waals surface area contributed by atoms with E-state index in [1.54, 1.807) is 6.92 Å². The molecule has 0 fully saturated rings. The molecule has 0 saturated heterocycles. The summed E-state index contributed by atoms with van der Waals surface area (Å²) >= 11 is 0.793. The van der Waals surface area contributed by atoms with E-state index in [0.29, 0.717) is 0 Å². The lowest BCUT2D eigenvalue weighted by molar-refractivity contribution is -0.118. The van der Waals surface area contributed by atoms with Crippen LogP contribution in [0, 0.1) is 0 Å². The summed E-state index contributed by atoms with van der Waals surface area (Å²) in [5.41, 5.74) is 4.86. The van der Waals surface area contributed by atoms with Gasteiger partial charge in [0.1, 0.15) is 4.21 Å². The number of carbonyl (C=O) groups is 2. The highest BCUT2D eigenvalue weighted by Crippen LogP contribution is 2.23. The van der Waals surface area contributed by atoms with Gasteiger partial charge in [0.25, 0.3) is 10.0 Å². The Hall–Kier alpha value is -1.45. The second-order valence-electron chi connectivity index (χ2n) is 3.36. The Morgan fingerprint density at radius 3 is 2.50 bits per heavy atom. The number of thiophene rings is 1. The zero-order valence-electron chi connectivity index (χ0n) is 9.49. The highest BCUT2D eigenvalue weighted by molar-refractivity contribution is 7.91. The van der Waals surface area contributed by atoms with Crippen LogP contribution in [0.3, 0.4) is 0 Å².